The standard InChI is InChI=1S/C26H22ClN3O3/c1-3-17-5-11-20(12-6-17)29-23(31)15-30-14-22(24(32)18-7-9-19(27)10-8-18)25(33)21-13-4-16(2)28-26(21)30/h4-14H,3,15H2,1-2H3,(H,29,31). The summed E-state index contributed by atoms with van der Waals surface area (Å²) in [6.45, 7) is 3.76. The number of fused-ring (bicyclic) bond motifs is 1. The topological polar surface area (TPSA) is 81.1 Å². The quantitative estimate of drug-likeness (QED) is 0.420. The Morgan fingerprint density at radius 1 is 1.00 bits per heavy atom. The zero-order valence-electron chi connectivity index (χ0n) is 18.3. The van der Waals surface area contributed by atoms with E-state index in [1.165, 1.54) is 11.8 Å². The van der Waals surface area contributed by atoms with Crippen LogP contribution in [0.1, 0.15) is 34.1 Å². The molecule has 6 nitrogen and oxygen atoms in total. The second-order valence-corrected chi connectivity index (χ2v) is 8.19. The molecule has 0 aliphatic rings. The number of halogens is 1. The molecule has 0 aliphatic carbocycles. The van der Waals surface area contributed by atoms with Crippen LogP contribution < -0.4 is 10.7 Å². The van der Waals surface area contributed by atoms with Gasteiger partial charge in [-0.1, -0.05) is 30.7 Å². The number of amides is 1. The van der Waals surface area contributed by atoms with Crippen LogP contribution in [0.15, 0.2) is 71.7 Å². The van der Waals surface area contributed by atoms with Crippen LogP contribution in [0.4, 0.5) is 5.69 Å². The van der Waals surface area contributed by atoms with E-state index in [2.05, 4.69) is 17.2 Å². The lowest BCUT2D eigenvalue weighted by atomic mass is 10.0. The summed E-state index contributed by atoms with van der Waals surface area (Å²) in [5, 5.41) is 3.63. The SMILES string of the molecule is CCc1ccc(NC(=O)Cn2cc(C(=O)c3ccc(Cl)cc3)c(=O)c3ccc(C)nc32)cc1. The monoisotopic (exact) mass is 459 g/mol. The molecule has 0 saturated heterocycles. The van der Waals surface area contributed by atoms with E-state index in [0.29, 0.717) is 27.6 Å². The molecule has 0 atom stereocenters. The fourth-order valence-corrected chi connectivity index (χ4v) is 3.70. The van der Waals surface area contributed by atoms with Crippen molar-refractivity contribution in [2.75, 3.05) is 5.32 Å². The Bertz CT molecular complexity index is 1410. The van der Waals surface area contributed by atoms with Crippen LogP contribution in [-0.4, -0.2) is 21.2 Å². The summed E-state index contributed by atoms with van der Waals surface area (Å²) in [4.78, 5) is 43.5. The van der Waals surface area contributed by atoms with Crippen molar-refractivity contribution in [3.63, 3.8) is 0 Å². The number of anilines is 1. The first-order valence-electron chi connectivity index (χ1n) is 10.6. The van der Waals surface area contributed by atoms with Gasteiger partial charge in [-0.15, -0.1) is 0 Å². The number of hydrogen-bond donors (Lipinski definition) is 1. The highest BCUT2D eigenvalue weighted by atomic mass is 35.5. The lowest BCUT2D eigenvalue weighted by Gasteiger charge is -2.13. The predicted molar refractivity (Wildman–Crippen MR) is 130 cm³/mol. The average Bonchev–Trinajstić information content (AvgIpc) is 2.81. The number of rotatable bonds is 6. The lowest BCUT2D eigenvalue weighted by Crippen LogP contribution is -2.25. The molecule has 33 heavy (non-hydrogen) atoms. The number of carbonyl (C=O) groups excluding carboxylic acids is 2. The van der Waals surface area contributed by atoms with Crippen molar-refractivity contribution in [1.29, 1.82) is 0 Å². The summed E-state index contributed by atoms with van der Waals surface area (Å²) < 4.78 is 1.54. The highest BCUT2D eigenvalue weighted by Gasteiger charge is 2.19. The van der Waals surface area contributed by atoms with Gasteiger partial charge in [0.1, 0.15) is 12.2 Å². The zero-order valence-corrected chi connectivity index (χ0v) is 19.0. The third-order valence-corrected chi connectivity index (χ3v) is 5.62. The van der Waals surface area contributed by atoms with Gasteiger partial charge in [-0.05, 0) is 67.4 Å². The highest BCUT2D eigenvalue weighted by Crippen LogP contribution is 2.17. The summed E-state index contributed by atoms with van der Waals surface area (Å²) in [5.74, 6) is -0.735. The fraction of sp³-hybridized carbons (Fsp3) is 0.154. The number of aromatic nitrogens is 2. The molecule has 0 aliphatic heterocycles. The van der Waals surface area contributed by atoms with E-state index in [9.17, 15) is 14.4 Å². The van der Waals surface area contributed by atoms with Crippen LogP contribution in [-0.2, 0) is 17.8 Å². The lowest BCUT2D eigenvalue weighted by molar-refractivity contribution is -0.116. The van der Waals surface area contributed by atoms with Gasteiger partial charge in [-0.3, -0.25) is 14.4 Å². The van der Waals surface area contributed by atoms with Gasteiger partial charge in [0.25, 0.3) is 0 Å². The summed E-state index contributed by atoms with van der Waals surface area (Å²) in [5.41, 5.74) is 2.77. The molecule has 0 saturated carbocycles. The highest BCUT2D eigenvalue weighted by molar-refractivity contribution is 6.30. The Kier molecular flexibility index (Phi) is 6.38. The summed E-state index contributed by atoms with van der Waals surface area (Å²) >= 11 is 5.92. The van der Waals surface area contributed by atoms with Crippen molar-refractivity contribution < 1.29 is 9.59 Å². The number of ketones is 1. The van der Waals surface area contributed by atoms with E-state index in [-0.39, 0.29) is 23.4 Å². The van der Waals surface area contributed by atoms with Gasteiger partial charge in [0.05, 0.1) is 10.9 Å². The Hall–Kier alpha value is -3.77. The van der Waals surface area contributed by atoms with Crippen LogP contribution in [0.5, 0.6) is 0 Å². The molecule has 2 heterocycles. The van der Waals surface area contributed by atoms with E-state index in [1.54, 1.807) is 47.9 Å². The molecule has 0 bridgehead atoms. The van der Waals surface area contributed by atoms with Gasteiger partial charge in [0.2, 0.25) is 11.3 Å². The molecule has 1 amide bonds. The van der Waals surface area contributed by atoms with Crippen molar-refractivity contribution in [2.24, 2.45) is 0 Å². The van der Waals surface area contributed by atoms with Crippen molar-refractivity contribution in [3.05, 3.63) is 104 Å². The van der Waals surface area contributed by atoms with E-state index in [1.807, 2.05) is 24.3 Å². The molecule has 4 rings (SSSR count). The molecule has 7 heteroatoms. The first kappa shape index (κ1) is 22.4. The minimum absolute atomic E-state index is 0.0319. The van der Waals surface area contributed by atoms with E-state index >= 15 is 0 Å². The maximum Gasteiger partial charge on any atom is 0.244 e. The maximum absolute atomic E-state index is 13.1. The number of nitrogens with one attached hydrogen (secondary N) is 1. The van der Waals surface area contributed by atoms with Crippen molar-refractivity contribution in [3.8, 4) is 0 Å². The van der Waals surface area contributed by atoms with Gasteiger partial charge >= 0.3 is 0 Å². The van der Waals surface area contributed by atoms with E-state index < -0.39 is 11.2 Å². The second-order valence-electron chi connectivity index (χ2n) is 7.76. The van der Waals surface area contributed by atoms with Gasteiger partial charge in [0, 0.05) is 28.2 Å². The van der Waals surface area contributed by atoms with Crippen molar-refractivity contribution >= 4 is 40.0 Å². The van der Waals surface area contributed by atoms with E-state index in [0.717, 1.165) is 6.42 Å². The van der Waals surface area contributed by atoms with Gasteiger partial charge in [-0.25, -0.2) is 4.98 Å². The summed E-state index contributed by atoms with van der Waals surface area (Å²) in [6.07, 6.45) is 2.32. The van der Waals surface area contributed by atoms with Crippen LogP contribution in [0.3, 0.4) is 0 Å². The molecule has 0 fully saturated rings. The summed E-state index contributed by atoms with van der Waals surface area (Å²) in [6, 6.07) is 17.3. The molecule has 1 N–H and O–H groups in total. The third kappa shape index (κ3) is 4.86. The Balaban J connectivity index is 1.72. The minimum atomic E-state index is -0.441. The number of nitrogens with zero attached hydrogens (tertiary/aromatic N) is 2. The largest absolute Gasteiger partial charge is 0.325 e. The zero-order chi connectivity index (χ0) is 23.5. The predicted octanol–water partition coefficient (Wildman–Crippen LogP) is 4.79. The molecule has 0 radical (unpaired) electrons. The number of carbonyl (C=O) groups is 2. The second kappa shape index (κ2) is 9.38. The molecule has 0 spiro atoms. The number of aryl methyl sites for hydroxylation is 2. The van der Waals surface area contributed by atoms with Gasteiger partial charge < -0.3 is 9.88 Å². The van der Waals surface area contributed by atoms with Gasteiger partial charge in [0.15, 0.2) is 5.78 Å². The Labute approximate surface area is 195 Å². The maximum atomic E-state index is 13.1. The third-order valence-electron chi connectivity index (χ3n) is 5.37. The van der Waals surface area contributed by atoms with Crippen LogP contribution in [0.25, 0.3) is 11.0 Å². The van der Waals surface area contributed by atoms with Crippen LogP contribution in [0, 0.1) is 6.92 Å². The van der Waals surface area contributed by atoms with Crippen molar-refractivity contribution in [1.82, 2.24) is 9.55 Å². The molecule has 2 aromatic heterocycles. The summed E-state index contributed by atoms with van der Waals surface area (Å²) in [7, 11) is 0. The normalized spacial score (nSPS) is 10.9. The molecular formula is C26H22ClN3O3. The van der Waals surface area contributed by atoms with Gasteiger partial charge in [-0.2, -0.15) is 0 Å². The first-order chi connectivity index (χ1) is 15.9. The van der Waals surface area contributed by atoms with Crippen LogP contribution >= 0.6 is 11.6 Å². The Morgan fingerprint density at radius 2 is 1.70 bits per heavy atom. The molecule has 4 aromatic rings. The number of pyridine rings is 2. The minimum Gasteiger partial charge on any atom is -0.325 e. The Morgan fingerprint density at radius 3 is 2.36 bits per heavy atom. The average molecular weight is 460 g/mol. The van der Waals surface area contributed by atoms with Crippen LogP contribution in [0.2, 0.25) is 5.02 Å². The number of hydrogen-bond acceptors (Lipinski definition) is 4. The smallest absolute Gasteiger partial charge is 0.244 e. The van der Waals surface area contributed by atoms with E-state index in [4.69, 9.17) is 11.6 Å². The molecule has 0 unspecified atom stereocenters. The number of benzene rings is 2. The molecular weight excluding hydrogens is 438 g/mol. The van der Waals surface area contributed by atoms with Crippen molar-refractivity contribution in [2.45, 2.75) is 26.8 Å². The fourth-order valence-electron chi connectivity index (χ4n) is 3.58. The first-order valence-corrected chi connectivity index (χ1v) is 10.9. The molecule has 2 aromatic carbocycles. The molecule has 166 valence electrons.